The summed E-state index contributed by atoms with van der Waals surface area (Å²) >= 11 is 7.14. The molecule has 0 unspecified atom stereocenters. The molecule has 0 atom stereocenters. The number of methoxy groups -OCH3 is 1. The first-order valence-corrected chi connectivity index (χ1v) is 13.0. The van der Waals surface area contributed by atoms with Gasteiger partial charge in [0, 0.05) is 30.3 Å². The highest BCUT2D eigenvalue weighted by Crippen LogP contribution is 2.35. The fraction of sp³-hybridized carbons (Fsp3) is 0.222. The molecular formula is C27H25ClN4O4S. The second-order valence-electron chi connectivity index (χ2n) is 8.50. The summed E-state index contributed by atoms with van der Waals surface area (Å²) in [7, 11) is 1.61. The number of benzene rings is 2. The van der Waals surface area contributed by atoms with E-state index in [0.717, 1.165) is 37.2 Å². The molecular weight excluding hydrogens is 512 g/mol. The zero-order valence-corrected chi connectivity index (χ0v) is 21.7. The number of nitrogens with one attached hydrogen (secondary N) is 2. The molecule has 5 rings (SSSR count). The predicted octanol–water partition coefficient (Wildman–Crippen LogP) is 6.21. The van der Waals surface area contributed by atoms with Crippen LogP contribution in [0.25, 0.3) is 11.3 Å². The number of ether oxygens (including phenoxy) is 2. The molecule has 0 radical (unpaired) electrons. The van der Waals surface area contributed by atoms with Crippen LogP contribution in [0.5, 0.6) is 17.2 Å². The SMILES string of the molecule is COc1ccc(Oc2cc(C(=N)N3CCCC3)ccc2-c2cc(CNC(=O)c3ccc(Cl)s3)on2)cc1. The number of amidine groups is 1. The first kappa shape index (κ1) is 24.9. The van der Waals surface area contributed by atoms with Crippen LogP contribution in [0.3, 0.4) is 0 Å². The number of aromatic nitrogens is 1. The number of hydrogen-bond donors (Lipinski definition) is 2. The van der Waals surface area contributed by atoms with Crippen LogP contribution in [-0.4, -0.2) is 42.0 Å². The van der Waals surface area contributed by atoms with Gasteiger partial charge in [0.15, 0.2) is 5.76 Å². The molecule has 1 saturated heterocycles. The van der Waals surface area contributed by atoms with Gasteiger partial charge in [-0.15, -0.1) is 11.3 Å². The van der Waals surface area contributed by atoms with Crippen LogP contribution in [0.4, 0.5) is 0 Å². The molecule has 2 aromatic carbocycles. The summed E-state index contributed by atoms with van der Waals surface area (Å²) in [6.07, 6.45) is 2.18. The summed E-state index contributed by atoms with van der Waals surface area (Å²) in [5, 5.41) is 15.7. The van der Waals surface area contributed by atoms with Crippen molar-refractivity contribution in [3.05, 3.63) is 81.2 Å². The van der Waals surface area contributed by atoms with Crippen molar-refractivity contribution in [3.63, 3.8) is 0 Å². The summed E-state index contributed by atoms with van der Waals surface area (Å²) in [6, 6.07) is 18.1. The van der Waals surface area contributed by atoms with Gasteiger partial charge in [0.2, 0.25) is 0 Å². The van der Waals surface area contributed by atoms with Gasteiger partial charge in [0.1, 0.15) is 28.8 Å². The molecule has 0 aliphatic carbocycles. The molecule has 10 heteroatoms. The zero-order chi connectivity index (χ0) is 25.8. The van der Waals surface area contributed by atoms with Crippen molar-refractivity contribution in [2.75, 3.05) is 20.2 Å². The van der Waals surface area contributed by atoms with Crippen molar-refractivity contribution in [1.29, 1.82) is 5.41 Å². The van der Waals surface area contributed by atoms with Gasteiger partial charge in [-0.25, -0.2) is 0 Å². The van der Waals surface area contributed by atoms with Crippen LogP contribution >= 0.6 is 22.9 Å². The summed E-state index contributed by atoms with van der Waals surface area (Å²) in [6.45, 7) is 1.93. The van der Waals surface area contributed by atoms with E-state index in [-0.39, 0.29) is 12.5 Å². The Balaban J connectivity index is 1.39. The maximum absolute atomic E-state index is 12.3. The number of amides is 1. The Kier molecular flexibility index (Phi) is 7.43. The van der Waals surface area contributed by atoms with Crippen molar-refractivity contribution < 1.29 is 18.8 Å². The van der Waals surface area contributed by atoms with E-state index in [9.17, 15) is 4.79 Å². The number of hydrogen-bond acceptors (Lipinski definition) is 7. The quantitative estimate of drug-likeness (QED) is 0.205. The van der Waals surface area contributed by atoms with E-state index in [4.69, 9.17) is 31.0 Å². The number of carbonyl (C=O) groups excluding carboxylic acids is 1. The molecule has 3 heterocycles. The predicted molar refractivity (Wildman–Crippen MR) is 143 cm³/mol. The highest BCUT2D eigenvalue weighted by molar-refractivity contribution is 7.18. The van der Waals surface area contributed by atoms with Crippen molar-refractivity contribution in [2.45, 2.75) is 19.4 Å². The van der Waals surface area contributed by atoms with Crippen LogP contribution in [0.1, 0.15) is 33.8 Å². The Bertz CT molecular complexity index is 1410. The van der Waals surface area contributed by atoms with E-state index in [0.29, 0.717) is 43.6 Å². The third-order valence-corrected chi connectivity index (χ3v) is 7.25. The minimum Gasteiger partial charge on any atom is -0.497 e. The largest absolute Gasteiger partial charge is 0.497 e. The van der Waals surface area contributed by atoms with E-state index in [1.54, 1.807) is 25.3 Å². The van der Waals surface area contributed by atoms with Gasteiger partial charge in [0.05, 0.1) is 22.9 Å². The average molecular weight is 537 g/mol. The minimum atomic E-state index is -0.233. The first-order chi connectivity index (χ1) is 18.0. The van der Waals surface area contributed by atoms with Gasteiger partial charge in [-0.2, -0.15) is 0 Å². The first-order valence-electron chi connectivity index (χ1n) is 11.8. The van der Waals surface area contributed by atoms with Gasteiger partial charge in [0.25, 0.3) is 5.91 Å². The molecule has 37 heavy (non-hydrogen) atoms. The number of likely N-dealkylation sites (tertiary alicyclic amines) is 1. The van der Waals surface area contributed by atoms with Gasteiger partial charge in [-0.3, -0.25) is 10.2 Å². The van der Waals surface area contributed by atoms with Crippen LogP contribution in [0.2, 0.25) is 4.34 Å². The van der Waals surface area contributed by atoms with Crippen molar-refractivity contribution in [2.24, 2.45) is 0 Å². The van der Waals surface area contributed by atoms with Crippen molar-refractivity contribution >= 4 is 34.7 Å². The monoisotopic (exact) mass is 536 g/mol. The lowest BCUT2D eigenvalue weighted by Gasteiger charge is -2.19. The molecule has 8 nitrogen and oxygen atoms in total. The van der Waals surface area contributed by atoms with Gasteiger partial charge >= 0.3 is 0 Å². The summed E-state index contributed by atoms with van der Waals surface area (Å²) in [5.41, 5.74) is 2.03. The maximum atomic E-state index is 12.3. The standard InChI is InChI=1S/C27H25ClN4O4S/c1-34-18-5-7-19(8-6-18)35-23-14-17(26(29)32-12-2-3-13-32)4-9-21(23)22-15-20(36-31-22)16-30-27(33)24-10-11-25(28)37-24/h4-11,14-15,29H,2-3,12-13,16H2,1H3,(H,30,33). The fourth-order valence-corrected chi connectivity index (χ4v) is 5.03. The van der Waals surface area contributed by atoms with Crippen molar-refractivity contribution in [3.8, 4) is 28.5 Å². The van der Waals surface area contributed by atoms with E-state index in [1.165, 1.54) is 11.3 Å². The average Bonchev–Trinajstić information content (AvgIpc) is 3.70. The van der Waals surface area contributed by atoms with E-state index < -0.39 is 0 Å². The Hall–Kier alpha value is -3.82. The van der Waals surface area contributed by atoms with Gasteiger partial charge < -0.3 is 24.2 Å². The molecule has 1 aliphatic heterocycles. The van der Waals surface area contributed by atoms with Crippen LogP contribution < -0.4 is 14.8 Å². The third kappa shape index (κ3) is 5.79. The Morgan fingerprint density at radius 3 is 2.57 bits per heavy atom. The lowest BCUT2D eigenvalue weighted by atomic mass is 10.1. The Morgan fingerprint density at radius 1 is 1.11 bits per heavy atom. The normalized spacial score (nSPS) is 13.0. The molecule has 0 spiro atoms. The molecule has 1 amide bonds. The molecule has 2 aromatic heterocycles. The molecule has 0 bridgehead atoms. The lowest BCUT2D eigenvalue weighted by Crippen LogP contribution is -2.27. The number of nitrogens with zero attached hydrogens (tertiary/aromatic N) is 2. The second kappa shape index (κ2) is 11.1. The van der Waals surface area contributed by atoms with E-state index >= 15 is 0 Å². The Labute approximate surface area is 223 Å². The van der Waals surface area contributed by atoms with Gasteiger partial charge in [-0.05, 0) is 61.4 Å². The number of carbonyl (C=O) groups is 1. The minimum absolute atomic E-state index is 0.174. The molecule has 4 aromatic rings. The lowest BCUT2D eigenvalue weighted by molar-refractivity contribution is 0.0951. The Morgan fingerprint density at radius 2 is 1.86 bits per heavy atom. The number of halogens is 1. The van der Waals surface area contributed by atoms with E-state index in [1.807, 2.05) is 42.5 Å². The van der Waals surface area contributed by atoms with Crippen LogP contribution in [0.15, 0.2) is 65.2 Å². The summed E-state index contributed by atoms with van der Waals surface area (Å²) in [5.74, 6) is 2.63. The molecule has 1 fully saturated rings. The molecule has 1 aliphatic rings. The summed E-state index contributed by atoms with van der Waals surface area (Å²) in [4.78, 5) is 14.9. The topological polar surface area (TPSA) is 101 Å². The smallest absolute Gasteiger partial charge is 0.261 e. The van der Waals surface area contributed by atoms with Crippen molar-refractivity contribution in [1.82, 2.24) is 15.4 Å². The molecule has 190 valence electrons. The number of thiophene rings is 1. The fourth-order valence-electron chi connectivity index (χ4n) is 4.07. The van der Waals surface area contributed by atoms with E-state index in [2.05, 4.69) is 15.4 Å². The van der Waals surface area contributed by atoms with Crippen LogP contribution in [-0.2, 0) is 6.54 Å². The zero-order valence-electron chi connectivity index (χ0n) is 20.1. The highest BCUT2D eigenvalue weighted by atomic mass is 35.5. The second-order valence-corrected chi connectivity index (χ2v) is 10.2. The third-order valence-electron chi connectivity index (χ3n) is 6.02. The summed E-state index contributed by atoms with van der Waals surface area (Å²) < 4.78 is 17.5. The van der Waals surface area contributed by atoms with Crippen LogP contribution in [0, 0.1) is 5.41 Å². The number of rotatable bonds is 8. The highest BCUT2D eigenvalue weighted by Gasteiger charge is 2.20. The molecule has 0 saturated carbocycles. The van der Waals surface area contributed by atoms with Gasteiger partial charge in [-0.1, -0.05) is 22.8 Å². The molecule has 2 N–H and O–H groups in total. The maximum Gasteiger partial charge on any atom is 0.261 e.